The van der Waals surface area contributed by atoms with Crippen molar-refractivity contribution < 1.29 is 9.84 Å². The van der Waals surface area contributed by atoms with Crippen LogP contribution in [-0.4, -0.2) is 35.4 Å². The minimum atomic E-state index is 0.0765. The van der Waals surface area contributed by atoms with E-state index in [0.717, 1.165) is 23.1 Å². The van der Waals surface area contributed by atoms with Crippen LogP contribution >= 0.6 is 11.3 Å². The summed E-state index contributed by atoms with van der Waals surface area (Å²) >= 11 is 1.55. The summed E-state index contributed by atoms with van der Waals surface area (Å²) in [5.74, 6) is 0. The maximum absolute atomic E-state index is 8.98. The lowest BCUT2D eigenvalue weighted by Crippen LogP contribution is -2.45. The summed E-state index contributed by atoms with van der Waals surface area (Å²) in [6.45, 7) is 5.98. The van der Waals surface area contributed by atoms with Crippen LogP contribution in [-0.2, 0) is 11.3 Å². The predicted molar refractivity (Wildman–Crippen MR) is 60.3 cm³/mol. The number of ether oxygens (including phenoxy) is 1. The number of rotatable bonds is 2. The van der Waals surface area contributed by atoms with Crippen molar-refractivity contribution >= 4 is 16.5 Å². The Balaban J connectivity index is 2.09. The molecule has 15 heavy (non-hydrogen) atoms. The molecule has 1 N–H and O–H groups in total. The molecule has 84 valence electrons. The maximum Gasteiger partial charge on any atom is 0.185 e. The zero-order chi connectivity index (χ0) is 10.8. The number of morpholine rings is 1. The Morgan fingerprint density at radius 2 is 2.20 bits per heavy atom. The second-order valence-corrected chi connectivity index (χ2v) is 5.02. The minimum Gasteiger partial charge on any atom is -0.391 e. The van der Waals surface area contributed by atoms with Crippen LogP contribution in [0.2, 0.25) is 0 Å². The van der Waals surface area contributed by atoms with Crippen molar-refractivity contribution in [2.75, 3.05) is 18.0 Å². The van der Waals surface area contributed by atoms with Gasteiger partial charge in [0.25, 0.3) is 0 Å². The van der Waals surface area contributed by atoms with E-state index < -0.39 is 0 Å². The quantitative estimate of drug-likeness (QED) is 0.827. The first-order chi connectivity index (χ1) is 7.19. The van der Waals surface area contributed by atoms with Gasteiger partial charge in [0.2, 0.25) is 0 Å². The van der Waals surface area contributed by atoms with E-state index >= 15 is 0 Å². The molecule has 0 spiro atoms. The van der Waals surface area contributed by atoms with Gasteiger partial charge in [-0.1, -0.05) is 11.3 Å². The van der Waals surface area contributed by atoms with Crippen LogP contribution in [0.25, 0.3) is 0 Å². The molecule has 2 atom stereocenters. The third kappa shape index (κ3) is 2.48. The Morgan fingerprint density at radius 1 is 1.53 bits per heavy atom. The zero-order valence-electron chi connectivity index (χ0n) is 9.01. The second kappa shape index (κ2) is 4.47. The number of nitrogens with zero attached hydrogens (tertiary/aromatic N) is 2. The van der Waals surface area contributed by atoms with Crippen LogP contribution < -0.4 is 4.90 Å². The van der Waals surface area contributed by atoms with Gasteiger partial charge in [-0.3, -0.25) is 0 Å². The summed E-state index contributed by atoms with van der Waals surface area (Å²) in [5.41, 5.74) is 0. The number of aromatic nitrogens is 1. The molecule has 1 aromatic heterocycles. The third-order valence-corrected chi connectivity index (χ3v) is 3.43. The van der Waals surface area contributed by atoms with E-state index in [9.17, 15) is 0 Å². The summed E-state index contributed by atoms with van der Waals surface area (Å²) in [6.07, 6.45) is 2.23. The Labute approximate surface area is 93.5 Å². The van der Waals surface area contributed by atoms with Crippen molar-refractivity contribution in [3.63, 3.8) is 0 Å². The van der Waals surface area contributed by atoms with Crippen LogP contribution in [0, 0.1) is 0 Å². The Kier molecular flexibility index (Phi) is 3.23. The van der Waals surface area contributed by atoms with Gasteiger partial charge in [0.1, 0.15) is 0 Å². The van der Waals surface area contributed by atoms with Crippen molar-refractivity contribution in [3.05, 3.63) is 11.1 Å². The molecule has 1 aliphatic rings. The molecule has 1 aliphatic heterocycles. The monoisotopic (exact) mass is 228 g/mol. The number of hydrogen-bond acceptors (Lipinski definition) is 5. The maximum atomic E-state index is 8.98. The van der Waals surface area contributed by atoms with Gasteiger partial charge < -0.3 is 14.7 Å². The molecule has 0 aromatic carbocycles. The third-order valence-electron chi connectivity index (χ3n) is 2.39. The molecule has 5 heteroatoms. The topological polar surface area (TPSA) is 45.6 Å². The number of aliphatic hydroxyl groups is 1. The molecule has 2 rings (SSSR count). The lowest BCUT2D eigenvalue weighted by molar-refractivity contribution is -0.00522. The van der Waals surface area contributed by atoms with Crippen molar-refractivity contribution in [2.45, 2.75) is 32.7 Å². The summed E-state index contributed by atoms with van der Waals surface area (Å²) in [6, 6.07) is 0. The van der Waals surface area contributed by atoms with Crippen LogP contribution in [0.3, 0.4) is 0 Å². The van der Waals surface area contributed by atoms with E-state index in [-0.39, 0.29) is 18.8 Å². The lowest BCUT2D eigenvalue weighted by atomic mass is 10.2. The van der Waals surface area contributed by atoms with E-state index in [0.29, 0.717) is 0 Å². The standard InChI is InChI=1S/C10H16N2O2S/c1-7-4-12(5-8(2)14-7)10-11-3-9(6-13)15-10/h3,7-8,13H,4-6H2,1-2H3/t7-,8+. The van der Waals surface area contributed by atoms with E-state index in [4.69, 9.17) is 9.84 Å². The van der Waals surface area contributed by atoms with Gasteiger partial charge >= 0.3 is 0 Å². The van der Waals surface area contributed by atoms with Gasteiger partial charge in [-0.2, -0.15) is 0 Å². The highest BCUT2D eigenvalue weighted by atomic mass is 32.1. The van der Waals surface area contributed by atoms with Crippen molar-refractivity contribution in [1.82, 2.24) is 4.98 Å². The van der Waals surface area contributed by atoms with Gasteiger partial charge in [-0.25, -0.2) is 4.98 Å². The van der Waals surface area contributed by atoms with E-state index in [2.05, 4.69) is 23.7 Å². The summed E-state index contributed by atoms with van der Waals surface area (Å²) in [5, 5.41) is 9.97. The van der Waals surface area contributed by atoms with Gasteiger partial charge in [-0.15, -0.1) is 0 Å². The fourth-order valence-corrected chi connectivity index (χ4v) is 2.64. The fourth-order valence-electron chi connectivity index (χ4n) is 1.85. The SMILES string of the molecule is C[C@@H]1CN(c2ncc(CO)s2)C[C@H](C)O1. The molecule has 2 heterocycles. The lowest BCUT2D eigenvalue weighted by Gasteiger charge is -2.35. The average Bonchev–Trinajstić information content (AvgIpc) is 2.64. The molecule has 1 fully saturated rings. The van der Waals surface area contributed by atoms with Gasteiger partial charge in [-0.05, 0) is 13.8 Å². The molecule has 0 amide bonds. The first-order valence-electron chi connectivity index (χ1n) is 5.15. The Hall–Kier alpha value is -0.650. The summed E-state index contributed by atoms with van der Waals surface area (Å²) in [7, 11) is 0. The van der Waals surface area contributed by atoms with E-state index in [1.54, 1.807) is 17.5 Å². The molecule has 4 nitrogen and oxygen atoms in total. The summed E-state index contributed by atoms with van der Waals surface area (Å²) in [4.78, 5) is 7.45. The number of aliphatic hydroxyl groups excluding tert-OH is 1. The minimum absolute atomic E-state index is 0.0765. The Morgan fingerprint density at radius 3 is 2.73 bits per heavy atom. The highest BCUT2D eigenvalue weighted by Crippen LogP contribution is 2.25. The molecule has 0 radical (unpaired) electrons. The van der Waals surface area contributed by atoms with Crippen LogP contribution in [0.1, 0.15) is 18.7 Å². The predicted octanol–water partition coefficient (Wildman–Crippen LogP) is 1.25. The number of anilines is 1. The van der Waals surface area contributed by atoms with Crippen molar-refractivity contribution in [3.8, 4) is 0 Å². The molecular formula is C10H16N2O2S. The van der Waals surface area contributed by atoms with E-state index in [1.807, 2.05) is 0 Å². The van der Waals surface area contributed by atoms with Gasteiger partial charge in [0.05, 0.1) is 23.7 Å². The smallest absolute Gasteiger partial charge is 0.185 e. The van der Waals surface area contributed by atoms with Gasteiger partial charge in [0, 0.05) is 19.3 Å². The highest BCUT2D eigenvalue weighted by molar-refractivity contribution is 7.15. The number of hydrogen-bond donors (Lipinski definition) is 1. The molecule has 0 aliphatic carbocycles. The van der Waals surface area contributed by atoms with Crippen LogP contribution in [0.5, 0.6) is 0 Å². The van der Waals surface area contributed by atoms with E-state index in [1.165, 1.54) is 0 Å². The molecule has 1 aromatic rings. The average molecular weight is 228 g/mol. The van der Waals surface area contributed by atoms with Gasteiger partial charge in [0.15, 0.2) is 5.13 Å². The zero-order valence-corrected chi connectivity index (χ0v) is 9.83. The molecule has 0 unspecified atom stereocenters. The number of thiazole rings is 1. The van der Waals surface area contributed by atoms with Crippen LogP contribution in [0.15, 0.2) is 6.20 Å². The Bertz CT molecular complexity index is 319. The molecule has 1 saturated heterocycles. The summed E-state index contributed by atoms with van der Waals surface area (Å²) < 4.78 is 5.66. The largest absolute Gasteiger partial charge is 0.391 e. The van der Waals surface area contributed by atoms with Crippen molar-refractivity contribution in [1.29, 1.82) is 0 Å². The molecular weight excluding hydrogens is 212 g/mol. The molecule has 0 saturated carbocycles. The van der Waals surface area contributed by atoms with Crippen molar-refractivity contribution in [2.24, 2.45) is 0 Å². The normalized spacial score (nSPS) is 27.0. The first-order valence-corrected chi connectivity index (χ1v) is 5.96. The molecule has 0 bridgehead atoms. The highest BCUT2D eigenvalue weighted by Gasteiger charge is 2.23. The first kappa shape index (κ1) is 10.9. The second-order valence-electron chi connectivity index (χ2n) is 3.93. The fraction of sp³-hybridized carbons (Fsp3) is 0.700. The van der Waals surface area contributed by atoms with Crippen LogP contribution in [0.4, 0.5) is 5.13 Å².